The molecule has 2 atom stereocenters. The minimum atomic E-state index is -0.977. The molecule has 48 heavy (non-hydrogen) atoms. The zero-order valence-corrected chi connectivity index (χ0v) is 29.6. The minimum Gasteiger partial charge on any atom is -0.508 e. The standard InChI is InChI=1S/C28H39N3O5.C7H14N2O3/c1-18-15-22(32)16-19(2)23(18)17-24(31-27(35)36-28(4,5)6)26(34)30-20(3)25(33)29-14-10-13-21-11-8-7-9-12-21;1-7(2,3)12-6(11)9-4-5(8)10/h7-9,11-12,15-16,20,24,32H,10,13-14,17H2,1-6H3,(H,29,33)(H,30,34)(H,31,35);4H2,1-3H3,(H2,8,10)(H,9,11)/t20-,24+;/m1./s1. The average Bonchev–Trinajstić information content (AvgIpc) is 2.94. The highest BCUT2D eigenvalue weighted by Crippen LogP contribution is 2.22. The van der Waals surface area contributed by atoms with E-state index in [1.807, 2.05) is 44.2 Å². The second-order valence-corrected chi connectivity index (χ2v) is 13.4. The van der Waals surface area contributed by atoms with Gasteiger partial charge in [0.2, 0.25) is 17.7 Å². The summed E-state index contributed by atoms with van der Waals surface area (Å²) in [5.74, 6) is -1.27. The smallest absolute Gasteiger partial charge is 0.408 e. The molecule has 2 aromatic carbocycles. The van der Waals surface area contributed by atoms with Crippen LogP contribution in [0.2, 0.25) is 0 Å². The van der Waals surface area contributed by atoms with E-state index in [4.69, 9.17) is 15.2 Å². The van der Waals surface area contributed by atoms with E-state index in [0.29, 0.717) is 6.54 Å². The summed E-state index contributed by atoms with van der Waals surface area (Å²) in [6, 6.07) is 11.5. The predicted molar refractivity (Wildman–Crippen MR) is 183 cm³/mol. The summed E-state index contributed by atoms with van der Waals surface area (Å²) < 4.78 is 10.2. The summed E-state index contributed by atoms with van der Waals surface area (Å²) in [7, 11) is 0. The summed E-state index contributed by atoms with van der Waals surface area (Å²) in [4.78, 5) is 59.2. The summed E-state index contributed by atoms with van der Waals surface area (Å²) >= 11 is 0. The number of rotatable bonds is 12. The number of benzene rings is 2. The Morgan fingerprint density at radius 1 is 0.812 bits per heavy atom. The van der Waals surface area contributed by atoms with E-state index in [0.717, 1.165) is 29.5 Å². The van der Waals surface area contributed by atoms with Crippen molar-refractivity contribution in [3.8, 4) is 5.75 Å². The van der Waals surface area contributed by atoms with Gasteiger partial charge >= 0.3 is 12.2 Å². The lowest BCUT2D eigenvalue weighted by molar-refractivity contribution is -0.129. The third kappa shape index (κ3) is 17.8. The number of carbonyl (C=O) groups is 5. The molecule has 13 nitrogen and oxygen atoms in total. The summed E-state index contributed by atoms with van der Waals surface area (Å²) in [6.07, 6.45) is 0.429. The third-order valence-electron chi connectivity index (χ3n) is 6.44. The van der Waals surface area contributed by atoms with Crippen molar-refractivity contribution in [1.82, 2.24) is 21.3 Å². The Morgan fingerprint density at radius 3 is 1.88 bits per heavy atom. The summed E-state index contributed by atoms with van der Waals surface area (Å²) in [5, 5.41) is 20.3. The molecule has 0 heterocycles. The predicted octanol–water partition coefficient (Wildman–Crippen LogP) is 3.69. The number of nitrogens with two attached hydrogens (primary N) is 1. The van der Waals surface area contributed by atoms with Crippen LogP contribution in [0.3, 0.4) is 0 Å². The van der Waals surface area contributed by atoms with Crippen molar-refractivity contribution in [3.05, 3.63) is 64.7 Å². The molecule has 0 saturated carbocycles. The molecule has 0 aliphatic heterocycles. The Morgan fingerprint density at radius 2 is 1.35 bits per heavy atom. The topological polar surface area (TPSA) is 198 Å². The van der Waals surface area contributed by atoms with Gasteiger partial charge in [0, 0.05) is 13.0 Å². The number of aryl methyl sites for hydroxylation is 3. The number of phenols is 1. The van der Waals surface area contributed by atoms with E-state index in [-0.39, 0.29) is 24.6 Å². The second kappa shape index (κ2) is 19.1. The number of amides is 5. The number of primary amides is 1. The molecule has 0 aromatic heterocycles. The normalized spacial score (nSPS) is 12.3. The molecule has 5 amide bonds. The lowest BCUT2D eigenvalue weighted by Gasteiger charge is -2.25. The van der Waals surface area contributed by atoms with Crippen LogP contribution in [0, 0.1) is 13.8 Å². The Labute approximate surface area is 283 Å². The van der Waals surface area contributed by atoms with Crippen molar-refractivity contribution < 1.29 is 38.6 Å². The fourth-order valence-corrected chi connectivity index (χ4v) is 4.31. The molecule has 0 bridgehead atoms. The summed E-state index contributed by atoms with van der Waals surface area (Å²) in [5.41, 5.74) is 7.11. The third-order valence-corrected chi connectivity index (χ3v) is 6.44. The number of nitrogens with one attached hydrogen (secondary N) is 4. The van der Waals surface area contributed by atoms with E-state index in [9.17, 15) is 29.1 Å². The molecule has 0 aliphatic rings. The van der Waals surface area contributed by atoms with Crippen molar-refractivity contribution >= 4 is 29.9 Å². The van der Waals surface area contributed by atoms with E-state index in [1.165, 1.54) is 5.56 Å². The van der Waals surface area contributed by atoms with Gasteiger partial charge in [0.1, 0.15) is 29.0 Å². The van der Waals surface area contributed by atoms with Gasteiger partial charge < -0.3 is 41.6 Å². The van der Waals surface area contributed by atoms with E-state index in [1.54, 1.807) is 60.6 Å². The molecule has 13 heteroatoms. The van der Waals surface area contributed by atoms with Crippen LogP contribution in [0.5, 0.6) is 5.75 Å². The first-order valence-corrected chi connectivity index (χ1v) is 15.8. The Hall–Kier alpha value is -4.81. The first-order chi connectivity index (χ1) is 22.2. The van der Waals surface area contributed by atoms with Crippen LogP contribution in [-0.4, -0.2) is 71.4 Å². The molecule has 2 aromatic rings. The van der Waals surface area contributed by atoms with Gasteiger partial charge in [0.15, 0.2) is 0 Å². The van der Waals surface area contributed by atoms with Gasteiger partial charge in [-0.2, -0.15) is 0 Å². The van der Waals surface area contributed by atoms with Crippen molar-refractivity contribution in [2.24, 2.45) is 5.73 Å². The van der Waals surface area contributed by atoms with Gasteiger partial charge in [0.25, 0.3) is 0 Å². The van der Waals surface area contributed by atoms with Gasteiger partial charge in [0.05, 0.1) is 6.54 Å². The molecule has 0 unspecified atom stereocenters. The van der Waals surface area contributed by atoms with Crippen LogP contribution in [0.4, 0.5) is 9.59 Å². The molecule has 266 valence electrons. The zero-order chi connectivity index (χ0) is 36.7. The quantitative estimate of drug-likeness (QED) is 0.184. The van der Waals surface area contributed by atoms with Crippen LogP contribution in [0.25, 0.3) is 0 Å². The van der Waals surface area contributed by atoms with Crippen molar-refractivity contribution in [3.63, 3.8) is 0 Å². The Balaban J connectivity index is 0.000000813. The molecule has 0 aliphatic carbocycles. The van der Waals surface area contributed by atoms with Crippen LogP contribution in [0.1, 0.15) is 77.1 Å². The first-order valence-electron chi connectivity index (χ1n) is 15.8. The first kappa shape index (κ1) is 41.2. The van der Waals surface area contributed by atoms with Gasteiger partial charge in [-0.15, -0.1) is 0 Å². The van der Waals surface area contributed by atoms with Crippen molar-refractivity contribution in [2.75, 3.05) is 13.1 Å². The Kier molecular flexibility index (Phi) is 16.4. The van der Waals surface area contributed by atoms with Crippen LogP contribution < -0.4 is 27.0 Å². The molecule has 0 radical (unpaired) electrons. The van der Waals surface area contributed by atoms with Gasteiger partial charge in [-0.25, -0.2) is 9.59 Å². The Bertz CT molecular complexity index is 1360. The van der Waals surface area contributed by atoms with Crippen molar-refractivity contribution in [2.45, 2.75) is 105 Å². The highest BCUT2D eigenvalue weighted by atomic mass is 16.6. The molecule has 0 saturated heterocycles. The number of alkyl carbamates (subject to hydrolysis) is 2. The lowest BCUT2D eigenvalue weighted by atomic mass is 9.95. The fourth-order valence-electron chi connectivity index (χ4n) is 4.31. The number of hydrogen-bond acceptors (Lipinski definition) is 8. The number of carbonyl (C=O) groups excluding carboxylic acids is 5. The number of aromatic hydroxyl groups is 1. The maximum absolute atomic E-state index is 13.2. The fraction of sp³-hybridized carbons (Fsp3) is 0.514. The maximum Gasteiger partial charge on any atom is 0.408 e. The monoisotopic (exact) mass is 671 g/mol. The average molecular weight is 672 g/mol. The SMILES string of the molecule is CC(C)(C)OC(=O)NCC(N)=O.Cc1cc(O)cc(C)c1C[C@H](NC(=O)OC(C)(C)C)C(=O)N[C@H](C)C(=O)NCCCc1ccccc1. The van der Waals surface area contributed by atoms with Gasteiger partial charge in [-0.05, 0) is 110 Å². The van der Waals surface area contributed by atoms with E-state index >= 15 is 0 Å². The summed E-state index contributed by atoms with van der Waals surface area (Å²) in [6.45, 7) is 16.0. The molecule has 7 N–H and O–H groups in total. The molecule has 2 rings (SSSR count). The second-order valence-electron chi connectivity index (χ2n) is 13.4. The van der Waals surface area contributed by atoms with Gasteiger partial charge in [-0.3, -0.25) is 14.4 Å². The van der Waals surface area contributed by atoms with E-state index < -0.39 is 47.3 Å². The van der Waals surface area contributed by atoms with Crippen LogP contribution in [-0.2, 0) is 36.7 Å². The number of phenolic OH excluding ortho intramolecular Hbond substituents is 1. The maximum atomic E-state index is 13.2. The molecular weight excluding hydrogens is 618 g/mol. The highest BCUT2D eigenvalue weighted by Gasteiger charge is 2.28. The minimum absolute atomic E-state index is 0.132. The van der Waals surface area contributed by atoms with Crippen molar-refractivity contribution in [1.29, 1.82) is 0 Å². The molecular formula is C35H53N5O8. The van der Waals surface area contributed by atoms with Crippen LogP contribution in [0.15, 0.2) is 42.5 Å². The zero-order valence-electron chi connectivity index (χ0n) is 29.6. The van der Waals surface area contributed by atoms with E-state index in [2.05, 4.69) is 21.3 Å². The largest absolute Gasteiger partial charge is 0.508 e. The molecule has 0 fully saturated rings. The highest BCUT2D eigenvalue weighted by molar-refractivity contribution is 5.91. The number of hydrogen-bond donors (Lipinski definition) is 6. The number of ether oxygens (including phenoxy) is 2. The lowest BCUT2D eigenvalue weighted by Crippen LogP contribution is -2.54. The van der Waals surface area contributed by atoms with Crippen LogP contribution >= 0.6 is 0 Å². The van der Waals surface area contributed by atoms with Gasteiger partial charge in [-0.1, -0.05) is 30.3 Å². The molecule has 0 spiro atoms.